The minimum Gasteiger partial charge on any atom is -0.201 e. The Kier molecular flexibility index (Phi) is 4.96. The molecule has 0 amide bonds. The number of hydrogen-bond donors (Lipinski definition) is 0. The fraction of sp³-hybridized carbons (Fsp3) is 0.500. The molecule has 1 aliphatic carbocycles. The van der Waals surface area contributed by atoms with Gasteiger partial charge in [-0.25, -0.2) is 4.57 Å². The van der Waals surface area contributed by atoms with E-state index < -0.39 is 8.07 Å². The van der Waals surface area contributed by atoms with Crippen molar-refractivity contribution < 1.29 is 4.57 Å². The molecular formula is C22H32NSi+. The Morgan fingerprint density at radius 1 is 1.08 bits per heavy atom. The molecule has 1 saturated carbocycles. The Hall–Kier alpha value is -1.41. The number of rotatable bonds is 4. The minimum absolute atomic E-state index is 0.907. The van der Waals surface area contributed by atoms with Crippen molar-refractivity contribution >= 4 is 13.3 Å². The SMILES string of the molecule is Cc1ccccc1-c1cc([Si](C)(C)C)c(CC2CCCC2)c[n+]1C. The molecule has 0 saturated heterocycles. The van der Waals surface area contributed by atoms with Crippen LogP contribution in [-0.2, 0) is 13.5 Å². The van der Waals surface area contributed by atoms with Crippen molar-refractivity contribution in [2.24, 2.45) is 13.0 Å². The zero-order valence-corrected chi connectivity index (χ0v) is 17.0. The second-order valence-electron chi connectivity index (χ2n) is 8.63. The van der Waals surface area contributed by atoms with Crippen LogP contribution in [0, 0.1) is 12.8 Å². The Morgan fingerprint density at radius 3 is 2.38 bits per heavy atom. The predicted molar refractivity (Wildman–Crippen MR) is 106 cm³/mol. The molecule has 0 radical (unpaired) electrons. The number of benzene rings is 1. The van der Waals surface area contributed by atoms with Crippen molar-refractivity contribution in [3.63, 3.8) is 0 Å². The number of aryl methyl sites for hydroxylation is 2. The first-order valence-electron chi connectivity index (χ1n) is 9.45. The summed E-state index contributed by atoms with van der Waals surface area (Å²) in [5.41, 5.74) is 5.70. The van der Waals surface area contributed by atoms with Gasteiger partial charge in [0.05, 0.1) is 8.07 Å². The van der Waals surface area contributed by atoms with Gasteiger partial charge in [-0.05, 0) is 36.1 Å². The monoisotopic (exact) mass is 338 g/mol. The van der Waals surface area contributed by atoms with Crippen molar-refractivity contribution in [3.05, 3.63) is 47.7 Å². The molecular weight excluding hydrogens is 306 g/mol. The van der Waals surface area contributed by atoms with E-state index in [9.17, 15) is 0 Å². The Balaban J connectivity index is 2.08. The van der Waals surface area contributed by atoms with E-state index in [1.807, 2.05) is 0 Å². The van der Waals surface area contributed by atoms with E-state index in [-0.39, 0.29) is 0 Å². The van der Waals surface area contributed by atoms with Gasteiger partial charge in [-0.3, -0.25) is 0 Å². The van der Waals surface area contributed by atoms with Crippen LogP contribution in [0.25, 0.3) is 11.3 Å². The van der Waals surface area contributed by atoms with Crippen molar-refractivity contribution in [2.45, 2.75) is 58.7 Å². The molecule has 0 spiro atoms. The molecule has 1 aliphatic rings. The molecule has 0 bridgehead atoms. The average Bonchev–Trinajstić information content (AvgIpc) is 3.00. The average molecular weight is 339 g/mol. The summed E-state index contributed by atoms with van der Waals surface area (Å²) < 4.78 is 2.36. The van der Waals surface area contributed by atoms with E-state index in [0.717, 1.165) is 5.92 Å². The lowest BCUT2D eigenvalue weighted by Gasteiger charge is -2.22. The first kappa shape index (κ1) is 17.4. The van der Waals surface area contributed by atoms with Crippen LogP contribution in [0.1, 0.15) is 36.8 Å². The molecule has 1 nitrogen and oxygen atoms in total. The smallest absolute Gasteiger partial charge is 0.201 e. The number of hydrogen-bond acceptors (Lipinski definition) is 0. The molecule has 0 aliphatic heterocycles. The summed E-state index contributed by atoms with van der Waals surface area (Å²) in [7, 11) is 0.848. The molecule has 128 valence electrons. The van der Waals surface area contributed by atoms with Gasteiger partial charge in [-0.1, -0.05) is 63.5 Å². The quantitative estimate of drug-likeness (QED) is 0.559. The van der Waals surface area contributed by atoms with Gasteiger partial charge >= 0.3 is 0 Å². The third kappa shape index (κ3) is 3.64. The molecule has 1 aromatic heterocycles. The molecule has 2 aromatic rings. The van der Waals surface area contributed by atoms with Crippen molar-refractivity contribution in [1.29, 1.82) is 0 Å². The Labute approximate surface area is 148 Å². The second-order valence-corrected chi connectivity index (χ2v) is 13.7. The van der Waals surface area contributed by atoms with Crippen LogP contribution in [0.4, 0.5) is 0 Å². The maximum Gasteiger partial charge on any atom is 0.212 e. The third-order valence-electron chi connectivity index (χ3n) is 5.57. The predicted octanol–water partition coefficient (Wildman–Crippen LogP) is 4.76. The van der Waals surface area contributed by atoms with Crippen molar-refractivity contribution in [1.82, 2.24) is 0 Å². The highest BCUT2D eigenvalue weighted by atomic mass is 28.3. The molecule has 1 aromatic carbocycles. The van der Waals surface area contributed by atoms with Crippen LogP contribution in [0.5, 0.6) is 0 Å². The Bertz CT molecular complexity index is 721. The first-order chi connectivity index (χ1) is 11.4. The topological polar surface area (TPSA) is 3.88 Å². The van der Waals surface area contributed by atoms with Gasteiger partial charge in [-0.2, -0.15) is 0 Å². The van der Waals surface area contributed by atoms with Crippen molar-refractivity contribution in [2.75, 3.05) is 0 Å². The van der Waals surface area contributed by atoms with Crippen LogP contribution < -0.4 is 9.75 Å². The molecule has 1 heterocycles. The number of aromatic nitrogens is 1. The third-order valence-corrected chi connectivity index (χ3v) is 7.65. The summed E-state index contributed by atoms with van der Waals surface area (Å²) in [6, 6.07) is 11.3. The number of pyridine rings is 1. The summed E-state index contributed by atoms with van der Waals surface area (Å²) in [6.45, 7) is 9.68. The normalized spacial score (nSPS) is 15.9. The molecule has 0 atom stereocenters. The summed E-state index contributed by atoms with van der Waals surface area (Å²) in [6.07, 6.45) is 9.43. The van der Waals surface area contributed by atoms with Crippen LogP contribution in [0.15, 0.2) is 36.5 Å². The van der Waals surface area contributed by atoms with Gasteiger partial charge in [0.2, 0.25) is 5.69 Å². The second kappa shape index (κ2) is 6.83. The van der Waals surface area contributed by atoms with Gasteiger partial charge in [0.15, 0.2) is 6.20 Å². The summed E-state index contributed by atoms with van der Waals surface area (Å²) in [5, 5.41) is 1.66. The maximum absolute atomic E-state index is 2.51. The lowest BCUT2D eigenvalue weighted by molar-refractivity contribution is -0.660. The lowest BCUT2D eigenvalue weighted by atomic mass is 9.97. The van der Waals surface area contributed by atoms with Gasteiger partial charge in [0, 0.05) is 17.2 Å². The fourth-order valence-corrected chi connectivity index (χ4v) is 5.92. The van der Waals surface area contributed by atoms with E-state index >= 15 is 0 Å². The van der Waals surface area contributed by atoms with E-state index in [1.165, 1.54) is 48.9 Å². The van der Waals surface area contributed by atoms with E-state index in [4.69, 9.17) is 0 Å². The fourth-order valence-electron chi connectivity index (χ4n) is 4.22. The summed E-state index contributed by atoms with van der Waals surface area (Å²) >= 11 is 0. The largest absolute Gasteiger partial charge is 0.212 e. The van der Waals surface area contributed by atoms with Gasteiger partial charge < -0.3 is 0 Å². The lowest BCUT2D eigenvalue weighted by Crippen LogP contribution is -2.45. The van der Waals surface area contributed by atoms with Crippen LogP contribution in [0.3, 0.4) is 0 Å². The van der Waals surface area contributed by atoms with Gasteiger partial charge in [-0.15, -0.1) is 0 Å². The number of nitrogens with zero attached hydrogens (tertiary/aromatic N) is 1. The highest BCUT2D eigenvalue weighted by Gasteiger charge is 2.27. The van der Waals surface area contributed by atoms with E-state index in [2.05, 4.69) is 74.7 Å². The molecule has 0 unspecified atom stereocenters. The highest BCUT2D eigenvalue weighted by molar-refractivity contribution is 6.89. The first-order valence-corrected chi connectivity index (χ1v) is 13.0. The maximum atomic E-state index is 2.51. The van der Waals surface area contributed by atoms with Crippen LogP contribution in [-0.4, -0.2) is 8.07 Å². The van der Waals surface area contributed by atoms with Gasteiger partial charge in [0.25, 0.3) is 0 Å². The zero-order chi connectivity index (χ0) is 17.3. The molecule has 2 heteroatoms. The summed E-state index contributed by atoms with van der Waals surface area (Å²) in [4.78, 5) is 0. The van der Waals surface area contributed by atoms with Crippen LogP contribution in [0.2, 0.25) is 19.6 Å². The van der Waals surface area contributed by atoms with E-state index in [1.54, 1.807) is 10.8 Å². The Morgan fingerprint density at radius 2 is 1.75 bits per heavy atom. The van der Waals surface area contributed by atoms with Crippen molar-refractivity contribution in [3.8, 4) is 11.3 Å². The highest BCUT2D eigenvalue weighted by Crippen LogP contribution is 2.28. The molecule has 0 N–H and O–H groups in total. The minimum atomic E-state index is -1.37. The zero-order valence-electron chi connectivity index (χ0n) is 16.0. The van der Waals surface area contributed by atoms with Crippen LogP contribution >= 0.6 is 0 Å². The standard InChI is InChI=1S/C22H32NSi/c1-17-10-6-9-13-20(17)21-15-22(24(3,4)5)19(16-23(21)2)14-18-11-7-8-12-18/h6,9-10,13,15-16,18H,7-8,11-12,14H2,1-5H3/q+1. The van der Waals surface area contributed by atoms with Gasteiger partial charge in [0.1, 0.15) is 7.05 Å². The molecule has 3 rings (SSSR count). The summed E-state index contributed by atoms with van der Waals surface area (Å²) in [5.74, 6) is 0.907. The molecule has 1 fully saturated rings. The van der Waals surface area contributed by atoms with E-state index in [0.29, 0.717) is 0 Å². The molecule has 24 heavy (non-hydrogen) atoms.